The summed E-state index contributed by atoms with van der Waals surface area (Å²) in [7, 11) is 3.20. The smallest absolute Gasteiger partial charge is 0.161 e. The second-order valence-electron chi connectivity index (χ2n) is 5.11. The molecule has 0 saturated carbocycles. The molecule has 3 unspecified atom stereocenters. The van der Waals surface area contributed by atoms with E-state index in [1.165, 1.54) is 0 Å². The number of benzene rings is 1. The van der Waals surface area contributed by atoms with Gasteiger partial charge in [-0.05, 0) is 42.5 Å². The summed E-state index contributed by atoms with van der Waals surface area (Å²) in [6.45, 7) is 4.78. The molecule has 1 aliphatic rings. The zero-order valence-corrected chi connectivity index (χ0v) is 12.0. The van der Waals surface area contributed by atoms with Gasteiger partial charge in [0.25, 0.3) is 0 Å². The van der Waals surface area contributed by atoms with Gasteiger partial charge in [0, 0.05) is 6.61 Å². The molecule has 1 saturated heterocycles. The van der Waals surface area contributed by atoms with Gasteiger partial charge in [-0.15, -0.1) is 0 Å². The Morgan fingerprint density at radius 2 is 1.89 bits per heavy atom. The molecule has 1 N–H and O–H groups in total. The van der Waals surface area contributed by atoms with Gasteiger partial charge in [-0.3, -0.25) is 0 Å². The van der Waals surface area contributed by atoms with Gasteiger partial charge in [0.1, 0.15) is 6.10 Å². The Morgan fingerprint density at radius 1 is 1.26 bits per heavy atom. The number of hydrogen-bond donors (Lipinski definition) is 1. The fraction of sp³-hybridized carbons (Fsp3) is 0.600. The Labute approximate surface area is 114 Å². The predicted molar refractivity (Wildman–Crippen MR) is 72.8 cm³/mol. The first-order valence-electron chi connectivity index (χ1n) is 6.60. The van der Waals surface area contributed by atoms with E-state index in [9.17, 15) is 5.11 Å². The molecule has 2 rings (SSSR count). The van der Waals surface area contributed by atoms with Crippen LogP contribution in [0.15, 0.2) is 12.1 Å². The molecular formula is C15H22O4. The average Bonchev–Trinajstić information content (AvgIpc) is 2.83. The van der Waals surface area contributed by atoms with Crippen LogP contribution < -0.4 is 9.47 Å². The summed E-state index contributed by atoms with van der Waals surface area (Å²) in [6, 6.07) is 3.73. The highest BCUT2D eigenvalue weighted by Gasteiger charge is 2.33. The Balaban J connectivity index is 2.33. The van der Waals surface area contributed by atoms with Crippen LogP contribution >= 0.6 is 0 Å². The number of aliphatic hydroxyl groups is 1. The molecule has 0 radical (unpaired) electrons. The molecule has 1 heterocycles. The minimum Gasteiger partial charge on any atom is -0.493 e. The summed E-state index contributed by atoms with van der Waals surface area (Å²) in [6.07, 6.45) is 0.225. The van der Waals surface area contributed by atoms with Crippen LogP contribution in [0.4, 0.5) is 0 Å². The lowest BCUT2D eigenvalue weighted by molar-refractivity contribution is -0.0181. The van der Waals surface area contributed by atoms with Gasteiger partial charge in [-0.1, -0.05) is 6.92 Å². The highest BCUT2D eigenvalue weighted by Crippen LogP contribution is 2.37. The summed E-state index contributed by atoms with van der Waals surface area (Å²) in [5.41, 5.74) is 1.82. The Kier molecular flexibility index (Phi) is 4.32. The summed E-state index contributed by atoms with van der Waals surface area (Å²) in [5, 5.41) is 10.5. The maximum Gasteiger partial charge on any atom is 0.161 e. The van der Waals surface area contributed by atoms with E-state index in [1.807, 2.05) is 19.1 Å². The molecule has 1 aliphatic heterocycles. The fourth-order valence-electron chi connectivity index (χ4n) is 2.61. The number of methoxy groups -OCH3 is 2. The molecule has 0 spiro atoms. The number of rotatable bonds is 4. The first-order valence-corrected chi connectivity index (χ1v) is 6.60. The van der Waals surface area contributed by atoms with Crippen molar-refractivity contribution in [1.29, 1.82) is 0 Å². The van der Waals surface area contributed by atoms with Crippen molar-refractivity contribution >= 4 is 0 Å². The first kappa shape index (κ1) is 14.2. The number of aliphatic hydroxyl groups excluding tert-OH is 1. The van der Waals surface area contributed by atoms with Crippen LogP contribution in [0.1, 0.15) is 30.6 Å². The van der Waals surface area contributed by atoms with Crippen LogP contribution in [0.2, 0.25) is 0 Å². The van der Waals surface area contributed by atoms with Crippen molar-refractivity contribution in [3.63, 3.8) is 0 Å². The van der Waals surface area contributed by atoms with Crippen LogP contribution in [0.25, 0.3) is 0 Å². The van der Waals surface area contributed by atoms with Crippen molar-refractivity contribution in [2.24, 2.45) is 5.92 Å². The van der Waals surface area contributed by atoms with Crippen LogP contribution in [-0.2, 0) is 4.74 Å². The van der Waals surface area contributed by atoms with Gasteiger partial charge < -0.3 is 19.3 Å². The highest BCUT2D eigenvalue weighted by molar-refractivity contribution is 5.48. The van der Waals surface area contributed by atoms with Crippen molar-refractivity contribution in [3.8, 4) is 11.5 Å². The predicted octanol–water partition coefficient (Wildman–Crippen LogP) is 2.47. The molecule has 1 fully saturated rings. The number of ether oxygens (including phenoxy) is 3. The van der Waals surface area contributed by atoms with Crippen molar-refractivity contribution in [2.45, 2.75) is 32.5 Å². The molecule has 4 heteroatoms. The molecule has 19 heavy (non-hydrogen) atoms. The van der Waals surface area contributed by atoms with Gasteiger partial charge >= 0.3 is 0 Å². The molecule has 4 nitrogen and oxygen atoms in total. The topological polar surface area (TPSA) is 47.9 Å². The van der Waals surface area contributed by atoms with Gasteiger partial charge in [-0.2, -0.15) is 0 Å². The summed E-state index contributed by atoms with van der Waals surface area (Å²) < 4.78 is 16.2. The van der Waals surface area contributed by atoms with Crippen LogP contribution in [-0.4, -0.2) is 32.0 Å². The van der Waals surface area contributed by atoms with Gasteiger partial charge in [0.15, 0.2) is 11.5 Å². The third-order valence-electron chi connectivity index (χ3n) is 3.85. The van der Waals surface area contributed by atoms with E-state index in [1.54, 1.807) is 14.2 Å². The van der Waals surface area contributed by atoms with Crippen molar-refractivity contribution in [1.82, 2.24) is 0 Å². The van der Waals surface area contributed by atoms with Crippen LogP contribution in [0.3, 0.4) is 0 Å². The lowest BCUT2D eigenvalue weighted by Gasteiger charge is -2.24. The Bertz CT molecular complexity index is 444. The molecule has 0 aliphatic carbocycles. The molecule has 106 valence electrons. The monoisotopic (exact) mass is 266 g/mol. The maximum atomic E-state index is 10.5. The van der Waals surface area contributed by atoms with Crippen LogP contribution in [0, 0.1) is 12.8 Å². The quantitative estimate of drug-likeness (QED) is 0.909. The molecule has 0 aromatic heterocycles. The van der Waals surface area contributed by atoms with Gasteiger partial charge in [0.2, 0.25) is 0 Å². The minimum atomic E-state index is -0.627. The second kappa shape index (κ2) is 5.80. The van der Waals surface area contributed by atoms with Gasteiger partial charge in [-0.25, -0.2) is 0 Å². The normalized spacial score (nSPS) is 24.3. The summed E-state index contributed by atoms with van der Waals surface area (Å²) in [5.74, 6) is 1.67. The third kappa shape index (κ3) is 2.69. The molecule has 1 aromatic carbocycles. The average molecular weight is 266 g/mol. The van der Waals surface area contributed by atoms with Crippen LogP contribution in [0.5, 0.6) is 11.5 Å². The molecule has 3 atom stereocenters. The van der Waals surface area contributed by atoms with E-state index >= 15 is 0 Å². The SMILES string of the molecule is COc1cc(C)c(C(O)C2OCCC2C)cc1OC. The van der Waals surface area contributed by atoms with Gasteiger partial charge in [0.05, 0.1) is 20.3 Å². The van der Waals surface area contributed by atoms with Crippen molar-refractivity contribution in [2.75, 3.05) is 20.8 Å². The molecular weight excluding hydrogens is 244 g/mol. The standard InChI is InChI=1S/C15H22O4/c1-9-5-6-19-15(9)14(16)11-8-13(18-4)12(17-3)7-10(11)2/h7-9,14-16H,5-6H2,1-4H3. The van der Waals surface area contributed by atoms with E-state index in [-0.39, 0.29) is 6.10 Å². The van der Waals surface area contributed by atoms with E-state index in [2.05, 4.69) is 6.92 Å². The lowest BCUT2D eigenvalue weighted by Crippen LogP contribution is -2.23. The van der Waals surface area contributed by atoms with Crippen molar-refractivity contribution < 1.29 is 19.3 Å². The zero-order chi connectivity index (χ0) is 14.0. The molecule has 0 bridgehead atoms. The number of aryl methyl sites for hydroxylation is 1. The fourth-order valence-corrected chi connectivity index (χ4v) is 2.61. The number of hydrogen-bond acceptors (Lipinski definition) is 4. The summed E-state index contributed by atoms with van der Waals surface area (Å²) in [4.78, 5) is 0. The largest absolute Gasteiger partial charge is 0.493 e. The Hall–Kier alpha value is -1.26. The molecule has 1 aromatic rings. The third-order valence-corrected chi connectivity index (χ3v) is 3.85. The molecule has 0 amide bonds. The maximum absolute atomic E-state index is 10.5. The van der Waals surface area contributed by atoms with E-state index in [0.29, 0.717) is 17.4 Å². The second-order valence-corrected chi connectivity index (χ2v) is 5.11. The van der Waals surface area contributed by atoms with E-state index in [4.69, 9.17) is 14.2 Å². The highest BCUT2D eigenvalue weighted by atomic mass is 16.5. The van der Waals surface area contributed by atoms with Crippen molar-refractivity contribution in [3.05, 3.63) is 23.3 Å². The van der Waals surface area contributed by atoms with E-state index < -0.39 is 6.10 Å². The Morgan fingerprint density at radius 3 is 2.42 bits per heavy atom. The first-order chi connectivity index (χ1) is 9.08. The zero-order valence-electron chi connectivity index (χ0n) is 12.0. The minimum absolute atomic E-state index is 0.142. The van der Waals surface area contributed by atoms with E-state index in [0.717, 1.165) is 24.2 Å². The summed E-state index contributed by atoms with van der Waals surface area (Å²) >= 11 is 0. The lowest BCUT2D eigenvalue weighted by atomic mass is 9.92.